The SMILES string of the molecule is CCC(C)C(NC(=O)C(Cc1ccccc1)NC(=O)C(N)Cc1cnc[nH]1)C(=O)O. The molecule has 0 bridgehead atoms. The van der Waals surface area contributed by atoms with E-state index in [1.54, 1.807) is 13.1 Å². The molecule has 0 spiro atoms. The Labute approximate surface area is 175 Å². The number of aromatic nitrogens is 2. The second-order valence-corrected chi connectivity index (χ2v) is 7.35. The fourth-order valence-electron chi connectivity index (χ4n) is 3.00. The van der Waals surface area contributed by atoms with Gasteiger partial charge in [-0.1, -0.05) is 50.6 Å². The highest BCUT2D eigenvalue weighted by Crippen LogP contribution is 2.10. The van der Waals surface area contributed by atoms with Gasteiger partial charge < -0.3 is 26.5 Å². The number of hydrogen-bond acceptors (Lipinski definition) is 5. The third kappa shape index (κ3) is 6.70. The van der Waals surface area contributed by atoms with Gasteiger partial charge in [-0.3, -0.25) is 9.59 Å². The molecule has 0 saturated carbocycles. The lowest BCUT2D eigenvalue weighted by molar-refractivity contribution is -0.143. The lowest BCUT2D eigenvalue weighted by Gasteiger charge is -2.25. The zero-order valence-corrected chi connectivity index (χ0v) is 17.2. The van der Waals surface area contributed by atoms with Crippen molar-refractivity contribution in [3.8, 4) is 0 Å². The summed E-state index contributed by atoms with van der Waals surface area (Å²) in [5.74, 6) is -2.44. The summed E-state index contributed by atoms with van der Waals surface area (Å²) in [7, 11) is 0. The first kappa shape index (κ1) is 23.1. The number of carbonyl (C=O) groups excluding carboxylic acids is 2. The number of nitrogens with two attached hydrogens (primary N) is 1. The molecular weight excluding hydrogens is 386 g/mol. The molecule has 1 aromatic carbocycles. The largest absolute Gasteiger partial charge is 0.480 e. The molecule has 30 heavy (non-hydrogen) atoms. The number of nitrogens with zero attached hydrogens (tertiary/aromatic N) is 1. The first-order valence-electron chi connectivity index (χ1n) is 9.92. The van der Waals surface area contributed by atoms with E-state index < -0.39 is 35.9 Å². The third-order valence-electron chi connectivity index (χ3n) is 5.02. The lowest BCUT2D eigenvalue weighted by Crippen LogP contribution is -2.56. The van der Waals surface area contributed by atoms with Crippen molar-refractivity contribution in [2.45, 2.75) is 51.2 Å². The Morgan fingerprint density at radius 1 is 1.13 bits per heavy atom. The van der Waals surface area contributed by atoms with Gasteiger partial charge in [0.05, 0.1) is 12.4 Å². The molecule has 0 aliphatic rings. The highest BCUT2D eigenvalue weighted by Gasteiger charge is 2.30. The quantitative estimate of drug-likeness (QED) is 0.363. The van der Waals surface area contributed by atoms with Crippen LogP contribution >= 0.6 is 0 Å². The predicted molar refractivity (Wildman–Crippen MR) is 111 cm³/mol. The van der Waals surface area contributed by atoms with Gasteiger partial charge in [-0.25, -0.2) is 9.78 Å². The van der Waals surface area contributed by atoms with Crippen LogP contribution in [0.15, 0.2) is 42.9 Å². The maximum absolute atomic E-state index is 12.9. The zero-order valence-electron chi connectivity index (χ0n) is 17.2. The number of rotatable bonds is 11. The smallest absolute Gasteiger partial charge is 0.326 e. The van der Waals surface area contributed by atoms with Crippen LogP contribution in [0.4, 0.5) is 0 Å². The molecule has 2 aromatic rings. The first-order valence-corrected chi connectivity index (χ1v) is 9.92. The maximum Gasteiger partial charge on any atom is 0.326 e. The maximum atomic E-state index is 12.9. The zero-order chi connectivity index (χ0) is 22.1. The van der Waals surface area contributed by atoms with E-state index in [0.29, 0.717) is 12.1 Å². The van der Waals surface area contributed by atoms with Crippen LogP contribution in [-0.4, -0.2) is 51.0 Å². The molecule has 9 nitrogen and oxygen atoms in total. The van der Waals surface area contributed by atoms with Crippen molar-refractivity contribution in [3.05, 3.63) is 54.1 Å². The number of aromatic amines is 1. The van der Waals surface area contributed by atoms with Gasteiger partial charge in [0.25, 0.3) is 0 Å². The van der Waals surface area contributed by atoms with Crippen LogP contribution in [0.3, 0.4) is 0 Å². The van der Waals surface area contributed by atoms with Crippen LogP contribution in [0, 0.1) is 5.92 Å². The van der Waals surface area contributed by atoms with E-state index in [1.807, 2.05) is 37.3 Å². The molecule has 0 fully saturated rings. The first-order chi connectivity index (χ1) is 14.3. The van der Waals surface area contributed by atoms with Crippen molar-refractivity contribution in [2.24, 2.45) is 11.7 Å². The van der Waals surface area contributed by atoms with E-state index in [4.69, 9.17) is 5.73 Å². The van der Waals surface area contributed by atoms with Crippen LogP contribution in [-0.2, 0) is 27.2 Å². The fraction of sp³-hybridized carbons (Fsp3) is 0.429. The van der Waals surface area contributed by atoms with Gasteiger partial charge in [0.15, 0.2) is 0 Å². The molecule has 9 heteroatoms. The highest BCUT2D eigenvalue weighted by molar-refractivity contribution is 5.92. The lowest BCUT2D eigenvalue weighted by atomic mass is 9.98. The van der Waals surface area contributed by atoms with E-state index in [-0.39, 0.29) is 18.8 Å². The van der Waals surface area contributed by atoms with Crippen LogP contribution in [0.5, 0.6) is 0 Å². The molecule has 4 unspecified atom stereocenters. The number of hydrogen-bond donors (Lipinski definition) is 5. The van der Waals surface area contributed by atoms with E-state index in [2.05, 4.69) is 20.6 Å². The van der Waals surface area contributed by atoms with Crippen LogP contribution in [0.2, 0.25) is 0 Å². The molecule has 0 saturated heterocycles. The highest BCUT2D eigenvalue weighted by atomic mass is 16.4. The summed E-state index contributed by atoms with van der Waals surface area (Å²) in [4.78, 5) is 43.9. The predicted octanol–water partition coefficient (Wildman–Crippen LogP) is 0.623. The molecule has 0 aliphatic heterocycles. The minimum atomic E-state index is -1.11. The van der Waals surface area contributed by atoms with Gasteiger partial charge in [-0.2, -0.15) is 0 Å². The second kappa shape index (κ2) is 11.1. The molecule has 2 rings (SSSR count). The number of carboxylic acids is 1. The van der Waals surface area contributed by atoms with Gasteiger partial charge >= 0.3 is 5.97 Å². The van der Waals surface area contributed by atoms with Crippen molar-refractivity contribution in [1.82, 2.24) is 20.6 Å². The Morgan fingerprint density at radius 2 is 1.83 bits per heavy atom. The van der Waals surface area contributed by atoms with Crippen LogP contribution < -0.4 is 16.4 Å². The molecule has 0 aliphatic carbocycles. The number of carbonyl (C=O) groups is 3. The molecule has 2 amide bonds. The normalized spacial score (nSPS) is 14.9. The summed E-state index contributed by atoms with van der Waals surface area (Å²) in [6.45, 7) is 3.61. The van der Waals surface area contributed by atoms with E-state index in [1.165, 1.54) is 6.33 Å². The summed E-state index contributed by atoms with van der Waals surface area (Å²) >= 11 is 0. The average molecular weight is 415 g/mol. The minimum Gasteiger partial charge on any atom is -0.480 e. The Kier molecular flexibility index (Phi) is 8.54. The summed E-state index contributed by atoms with van der Waals surface area (Å²) in [5, 5.41) is 14.7. The number of imidazole rings is 1. The topological polar surface area (TPSA) is 150 Å². The van der Waals surface area contributed by atoms with Crippen molar-refractivity contribution < 1.29 is 19.5 Å². The van der Waals surface area contributed by atoms with Gasteiger partial charge in [0.1, 0.15) is 12.1 Å². The molecular formula is C21H29N5O4. The molecule has 1 heterocycles. The van der Waals surface area contributed by atoms with Crippen LogP contribution in [0.1, 0.15) is 31.5 Å². The molecule has 162 valence electrons. The van der Waals surface area contributed by atoms with Gasteiger partial charge in [-0.05, 0) is 11.5 Å². The Balaban J connectivity index is 2.13. The van der Waals surface area contributed by atoms with Crippen molar-refractivity contribution in [3.63, 3.8) is 0 Å². The average Bonchev–Trinajstić information content (AvgIpc) is 3.24. The van der Waals surface area contributed by atoms with Crippen molar-refractivity contribution in [1.29, 1.82) is 0 Å². The molecule has 4 atom stereocenters. The summed E-state index contributed by atoms with van der Waals surface area (Å²) in [6, 6.07) is 6.28. The Bertz CT molecular complexity index is 825. The van der Waals surface area contributed by atoms with E-state index in [0.717, 1.165) is 5.56 Å². The van der Waals surface area contributed by atoms with Gasteiger partial charge in [0.2, 0.25) is 11.8 Å². The van der Waals surface area contributed by atoms with Gasteiger partial charge in [-0.15, -0.1) is 0 Å². The van der Waals surface area contributed by atoms with E-state index >= 15 is 0 Å². The van der Waals surface area contributed by atoms with Crippen molar-refractivity contribution >= 4 is 17.8 Å². The summed E-state index contributed by atoms with van der Waals surface area (Å²) in [6.07, 6.45) is 4.09. The van der Waals surface area contributed by atoms with E-state index in [9.17, 15) is 19.5 Å². The van der Waals surface area contributed by atoms with Gasteiger partial charge in [0, 0.05) is 24.7 Å². The second-order valence-electron chi connectivity index (χ2n) is 7.35. The minimum absolute atomic E-state index is 0.210. The number of H-pyrrole nitrogens is 1. The number of amides is 2. The van der Waals surface area contributed by atoms with Crippen molar-refractivity contribution in [2.75, 3.05) is 0 Å². The summed E-state index contributed by atoms with van der Waals surface area (Å²) < 4.78 is 0. The fourth-order valence-corrected chi connectivity index (χ4v) is 3.00. The molecule has 6 N–H and O–H groups in total. The third-order valence-corrected chi connectivity index (χ3v) is 5.02. The Morgan fingerprint density at radius 3 is 2.40 bits per heavy atom. The molecule has 0 radical (unpaired) electrons. The molecule has 1 aromatic heterocycles. The van der Waals surface area contributed by atoms with Crippen LogP contribution in [0.25, 0.3) is 0 Å². The Hall–Kier alpha value is -3.20. The monoisotopic (exact) mass is 415 g/mol. The number of nitrogens with one attached hydrogen (secondary N) is 3. The number of benzene rings is 1. The standard InChI is InChI=1S/C21H29N5O4/c1-3-13(2)18(21(29)30)26-20(28)17(9-14-7-5-4-6-8-14)25-19(27)16(22)10-15-11-23-12-24-15/h4-8,11-13,16-18H,3,9-10,22H2,1-2H3,(H,23,24)(H,25,27)(H,26,28)(H,29,30). The number of carboxylic acid groups (broad SMARTS) is 1. The summed E-state index contributed by atoms with van der Waals surface area (Å²) in [5.41, 5.74) is 7.51. The number of aliphatic carboxylic acids is 1.